The molecule has 12 rings (SSSR count). The summed E-state index contributed by atoms with van der Waals surface area (Å²) < 4.78 is 7.30. The molecule has 1 aliphatic rings. The Bertz CT molecular complexity index is 3420. The molecule has 274 valence electrons. The average molecular weight is 742 g/mol. The van der Waals surface area contributed by atoms with Gasteiger partial charge in [0.2, 0.25) is 0 Å². The van der Waals surface area contributed by atoms with E-state index in [4.69, 9.17) is 0 Å². The SMILES string of the molecule is CC1CC(c2ccc3c(c2)c2ccccc2n3-c2ccccc2)=Cc2c1n(-c1ccccc1)c1ccc(-c3ccc4c(c3)c3ccccc3n4-c3ccccc3)cc21. The highest BCUT2D eigenvalue weighted by Gasteiger charge is 2.28. The number of fused-ring (bicyclic) bond motifs is 9. The van der Waals surface area contributed by atoms with Gasteiger partial charge in [0.25, 0.3) is 0 Å². The van der Waals surface area contributed by atoms with Gasteiger partial charge in [-0.05, 0) is 120 Å². The zero-order chi connectivity index (χ0) is 38.3. The summed E-state index contributed by atoms with van der Waals surface area (Å²) >= 11 is 0. The lowest BCUT2D eigenvalue weighted by molar-refractivity contribution is 0.733. The highest BCUT2D eigenvalue weighted by atomic mass is 15.0. The molecule has 0 N–H and O–H groups in total. The van der Waals surface area contributed by atoms with Gasteiger partial charge in [0, 0.05) is 61.2 Å². The normalized spacial score (nSPS) is 14.2. The minimum absolute atomic E-state index is 0.313. The summed E-state index contributed by atoms with van der Waals surface area (Å²) in [7, 11) is 0. The minimum atomic E-state index is 0.313. The Hall–Kier alpha value is -7.36. The van der Waals surface area contributed by atoms with Gasteiger partial charge in [0.15, 0.2) is 0 Å². The molecule has 3 nitrogen and oxygen atoms in total. The molecule has 0 saturated heterocycles. The molecule has 1 aliphatic carbocycles. The standard InChI is InChI=1S/C55H39N3/c1-36-31-40(39-27-29-53-47(34-39)45-22-12-14-24-51(45)57(53)42-17-7-3-8-18-42)35-49-48-33-38(26-30-54(48)58(55(36)49)43-19-9-4-10-20-43)37-25-28-52-46(32-37)44-21-11-13-23-50(44)56(52)41-15-5-2-6-16-41/h2-30,32-36H,31H2,1H3. The first kappa shape index (κ1) is 32.8. The van der Waals surface area contributed by atoms with E-state index in [1.807, 2.05) is 0 Å². The van der Waals surface area contributed by atoms with Gasteiger partial charge in [-0.1, -0.05) is 116 Å². The number of rotatable bonds is 5. The Balaban J connectivity index is 1.05. The highest BCUT2D eigenvalue weighted by Crippen LogP contribution is 2.46. The highest BCUT2D eigenvalue weighted by molar-refractivity contribution is 6.12. The van der Waals surface area contributed by atoms with Crippen LogP contribution in [0.4, 0.5) is 0 Å². The topological polar surface area (TPSA) is 14.8 Å². The van der Waals surface area contributed by atoms with Crippen LogP contribution in [0.15, 0.2) is 194 Å². The van der Waals surface area contributed by atoms with Crippen molar-refractivity contribution in [2.24, 2.45) is 0 Å². The second kappa shape index (κ2) is 12.8. The Kier molecular flexibility index (Phi) is 7.27. The van der Waals surface area contributed by atoms with E-state index in [0.717, 1.165) is 6.42 Å². The van der Waals surface area contributed by atoms with Gasteiger partial charge in [0.05, 0.1) is 27.6 Å². The average Bonchev–Trinajstić information content (AvgIpc) is 3.92. The first-order valence-corrected chi connectivity index (χ1v) is 20.3. The summed E-state index contributed by atoms with van der Waals surface area (Å²) in [6.45, 7) is 2.40. The lowest BCUT2D eigenvalue weighted by Gasteiger charge is -2.24. The molecule has 3 heterocycles. The molecule has 0 aliphatic heterocycles. The summed E-state index contributed by atoms with van der Waals surface area (Å²) in [5, 5.41) is 6.38. The molecule has 58 heavy (non-hydrogen) atoms. The Morgan fingerprint density at radius 2 is 0.759 bits per heavy atom. The molecule has 1 unspecified atom stereocenters. The summed E-state index contributed by atoms with van der Waals surface area (Å²) in [5.74, 6) is 0.313. The lowest BCUT2D eigenvalue weighted by Crippen LogP contribution is -2.09. The van der Waals surface area contributed by atoms with Gasteiger partial charge in [0.1, 0.15) is 0 Å². The van der Waals surface area contributed by atoms with Gasteiger partial charge in [-0.3, -0.25) is 0 Å². The van der Waals surface area contributed by atoms with Crippen LogP contribution in [0.25, 0.3) is 94.4 Å². The van der Waals surface area contributed by atoms with Crippen LogP contribution in [0.1, 0.15) is 36.1 Å². The molecule has 0 radical (unpaired) electrons. The smallest absolute Gasteiger partial charge is 0.0541 e. The Morgan fingerprint density at radius 1 is 0.362 bits per heavy atom. The van der Waals surface area contributed by atoms with E-state index in [0.29, 0.717) is 5.92 Å². The maximum atomic E-state index is 2.51. The monoisotopic (exact) mass is 741 g/mol. The number of nitrogens with zero attached hydrogens (tertiary/aromatic N) is 3. The lowest BCUT2D eigenvalue weighted by atomic mass is 9.84. The van der Waals surface area contributed by atoms with Crippen molar-refractivity contribution < 1.29 is 0 Å². The van der Waals surface area contributed by atoms with Crippen LogP contribution < -0.4 is 0 Å². The molecule has 3 aromatic heterocycles. The number of benzene rings is 8. The number of hydrogen-bond acceptors (Lipinski definition) is 0. The van der Waals surface area contributed by atoms with E-state index in [2.05, 4.69) is 221 Å². The number of allylic oxidation sites excluding steroid dienone is 1. The maximum Gasteiger partial charge on any atom is 0.0541 e. The summed E-state index contributed by atoms with van der Waals surface area (Å²) in [4.78, 5) is 0. The molecule has 3 heteroatoms. The molecule has 0 amide bonds. The van der Waals surface area contributed by atoms with Crippen LogP contribution in [-0.4, -0.2) is 13.7 Å². The zero-order valence-corrected chi connectivity index (χ0v) is 32.2. The first-order valence-electron chi connectivity index (χ1n) is 20.3. The predicted molar refractivity (Wildman–Crippen MR) is 245 cm³/mol. The molecule has 0 saturated carbocycles. The third-order valence-electron chi connectivity index (χ3n) is 12.4. The van der Waals surface area contributed by atoms with Crippen LogP contribution >= 0.6 is 0 Å². The molecular weight excluding hydrogens is 703 g/mol. The van der Waals surface area contributed by atoms with E-state index < -0.39 is 0 Å². The van der Waals surface area contributed by atoms with Crippen molar-refractivity contribution in [2.45, 2.75) is 19.3 Å². The summed E-state index contributed by atoms with van der Waals surface area (Å²) in [6.07, 6.45) is 3.46. The predicted octanol–water partition coefficient (Wildman–Crippen LogP) is 14.5. The fraction of sp³-hybridized carbons (Fsp3) is 0.0545. The van der Waals surface area contributed by atoms with Crippen LogP contribution in [0.2, 0.25) is 0 Å². The van der Waals surface area contributed by atoms with E-state index >= 15 is 0 Å². The third-order valence-corrected chi connectivity index (χ3v) is 12.4. The van der Waals surface area contributed by atoms with Crippen molar-refractivity contribution in [1.29, 1.82) is 0 Å². The fourth-order valence-electron chi connectivity index (χ4n) is 9.90. The number of para-hydroxylation sites is 5. The molecule has 1 atom stereocenters. The van der Waals surface area contributed by atoms with E-state index in [1.54, 1.807) is 0 Å². The molecule has 0 bridgehead atoms. The van der Waals surface area contributed by atoms with Crippen LogP contribution in [0.5, 0.6) is 0 Å². The zero-order valence-electron chi connectivity index (χ0n) is 32.2. The fourth-order valence-corrected chi connectivity index (χ4v) is 9.90. The largest absolute Gasteiger partial charge is 0.313 e. The molecule has 11 aromatic rings. The van der Waals surface area contributed by atoms with Gasteiger partial charge in [-0.15, -0.1) is 0 Å². The maximum absolute atomic E-state index is 2.51. The van der Waals surface area contributed by atoms with Gasteiger partial charge in [-0.25, -0.2) is 0 Å². The van der Waals surface area contributed by atoms with Crippen molar-refractivity contribution in [3.05, 3.63) is 211 Å². The number of aromatic nitrogens is 3. The first-order chi connectivity index (χ1) is 28.7. The van der Waals surface area contributed by atoms with Crippen molar-refractivity contribution in [3.63, 3.8) is 0 Å². The van der Waals surface area contributed by atoms with E-state index in [1.165, 1.54) is 105 Å². The van der Waals surface area contributed by atoms with Crippen LogP contribution in [-0.2, 0) is 0 Å². The minimum Gasteiger partial charge on any atom is -0.313 e. The van der Waals surface area contributed by atoms with E-state index in [9.17, 15) is 0 Å². The Morgan fingerprint density at radius 3 is 1.29 bits per heavy atom. The third kappa shape index (κ3) is 4.93. The summed E-state index contributed by atoms with van der Waals surface area (Å²) in [5.41, 5.74) is 17.5. The molecule has 0 fully saturated rings. The molecular formula is C55H39N3. The molecule has 0 spiro atoms. The van der Waals surface area contributed by atoms with Crippen molar-refractivity contribution >= 4 is 66.2 Å². The number of hydrogen-bond donors (Lipinski definition) is 0. The van der Waals surface area contributed by atoms with Crippen molar-refractivity contribution in [2.75, 3.05) is 0 Å². The van der Waals surface area contributed by atoms with Gasteiger partial charge in [-0.2, -0.15) is 0 Å². The molecule has 8 aromatic carbocycles. The quantitative estimate of drug-likeness (QED) is 0.167. The summed E-state index contributed by atoms with van der Waals surface area (Å²) in [6, 6.07) is 71.1. The van der Waals surface area contributed by atoms with Crippen LogP contribution in [0, 0.1) is 0 Å². The van der Waals surface area contributed by atoms with Crippen LogP contribution in [0.3, 0.4) is 0 Å². The van der Waals surface area contributed by atoms with Crippen molar-refractivity contribution in [3.8, 4) is 28.2 Å². The van der Waals surface area contributed by atoms with Crippen molar-refractivity contribution in [1.82, 2.24) is 13.7 Å². The van der Waals surface area contributed by atoms with Gasteiger partial charge < -0.3 is 13.7 Å². The second-order valence-electron chi connectivity index (χ2n) is 15.8. The Labute approximate surface area is 337 Å². The van der Waals surface area contributed by atoms with Gasteiger partial charge >= 0.3 is 0 Å². The van der Waals surface area contributed by atoms with E-state index in [-0.39, 0.29) is 0 Å². The second-order valence-corrected chi connectivity index (χ2v) is 15.8.